The minimum absolute atomic E-state index is 0.0884. The van der Waals surface area contributed by atoms with E-state index < -0.39 is 5.92 Å². The number of benzene rings is 1. The van der Waals surface area contributed by atoms with Gasteiger partial charge in [0.1, 0.15) is 6.29 Å². The molecule has 0 heterocycles. The molecule has 2 N–H and O–H groups in total. The maximum absolute atomic E-state index is 10.9. The van der Waals surface area contributed by atoms with Gasteiger partial charge in [0.2, 0.25) is 5.75 Å². The standard InChI is InChI=1S/C12H16O5/c1-16-10-5-9(8(7-14)3-4-13)6-11(17-2)12(10)15/h5-8,13,15H,3-4H2,1-2H3. The highest BCUT2D eigenvalue weighted by Gasteiger charge is 2.17. The van der Waals surface area contributed by atoms with Crippen LogP contribution in [0.5, 0.6) is 17.2 Å². The summed E-state index contributed by atoms with van der Waals surface area (Å²) in [5, 5.41) is 18.6. The molecular weight excluding hydrogens is 224 g/mol. The van der Waals surface area contributed by atoms with Crippen molar-refractivity contribution in [1.82, 2.24) is 0 Å². The number of carbonyl (C=O) groups excluding carboxylic acids is 1. The van der Waals surface area contributed by atoms with Gasteiger partial charge in [0, 0.05) is 12.5 Å². The van der Waals surface area contributed by atoms with Gasteiger partial charge < -0.3 is 24.5 Å². The van der Waals surface area contributed by atoms with Gasteiger partial charge in [-0.2, -0.15) is 0 Å². The lowest BCUT2D eigenvalue weighted by Gasteiger charge is -2.14. The van der Waals surface area contributed by atoms with Crippen molar-refractivity contribution in [3.05, 3.63) is 17.7 Å². The number of aliphatic hydroxyl groups is 1. The van der Waals surface area contributed by atoms with E-state index in [4.69, 9.17) is 14.6 Å². The molecule has 0 aromatic heterocycles. The number of aldehydes is 1. The van der Waals surface area contributed by atoms with Crippen LogP contribution in [0.3, 0.4) is 0 Å². The van der Waals surface area contributed by atoms with Crippen LogP contribution in [0.4, 0.5) is 0 Å². The Morgan fingerprint density at radius 3 is 2.18 bits per heavy atom. The maximum Gasteiger partial charge on any atom is 0.200 e. The summed E-state index contributed by atoms with van der Waals surface area (Å²) in [6, 6.07) is 3.12. The Hall–Kier alpha value is -1.75. The van der Waals surface area contributed by atoms with Crippen molar-refractivity contribution in [3.8, 4) is 17.2 Å². The monoisotopic (exact) mass is 240 g/mol. The molecular formula is C12H16O5. The van der Waals surface area contributed by atoms with Gasteiger partial charge in [-0.1, -0.05) is 0 Å². The molecule has 1 rings (SSSR count). The van der Waals surface area contributed by atoms with E-state index in [1.807, 2.05) is 0 Å². The van der Waals surface area contributed by atoms with Crippen LogP contribution in [0.25, 0.3) is 0 Å². The number of aliphatic hydroxyl groups excluding tert-OH is 1. The fourth-order valence-corrected chi connectivity index (χ4v) is 1.58. The van der Waals surface area contributed by atoms with Gasteiger partial charge in [0.15, 0.2) is 11.5 Å². The molecule has 0 spiro atoms. The van der Waals surface area contributed by atoms with E-state index in [2.05, 4.69) is 0 Å². The maximum atomic E-state index is 10.9. The molecule has 0 aliphatic rings. The normalized spacial score (nSPS) is 11.9. The fourth-order valence-electron chi connectivity index (χ4n) is 1.58. The molecule has 0 amide bonds. The van der Waals surface area contributed by atoms with Crippen molar-refractivity contribution in [2.45, 2.75) is 12.3 Å². The van der Waals surface area contributed by atoms with Crippen LogP contribution in [0.1, 0.15) is 17.9 Å². The van der Waals surface area contributed by atoms with E-state index in [0.29, 0.717) is 12.0 Å². The smallest absolute Gasteiger partial charge is 0.200 e. The summed E-state index contributed by atoms with van der Waals surface area (Å²) in [5.41, 5.74) is 0.639. The number of phenols is 1. The van der Waals surface area contributed by atoms with E-state index in [9.17, 15) is 9.90 Å². The zero-order valence-corrected chi connectivity index (χ0v) is 9.84. The molecule has 0 bridgehead atoms. The van der Waals surface area contributed by atoms with Crippen LogP contribution in [-0.4, -0.2) is 37.3 Å². The Morgan fingerprint density at radius 1 is 1.29 bits per heavy atom. The molecule has 1 unspecified atom stereocenters. The predicted molar refractivity (Wildman–Crippen MR) is 61.7 cm³/mol. The molecule has 0 radical (unpaired) electrons. The Labute approximate surface area is 99.6 Å². The Kier molecular flexibility index (Phi) is 4.78. The van der Waals surface area contributed by atoms with Gasteiger partial charge in [-0.3, -0.25) is 0 Å². The number of methoxy groups -OCH3 is 2. The minimum Gasteiger partial charge on any atom is -0.502 e. The molecule has 5 heteroatoms. The third-order valence-electron chi connectivity index (χ3n) is 2.53. The predicted octanol–water partition coefficient (Wildman–Crippen LogP) is 1.07. The second-order valence-corrected chi connectivity index (χ2v) is 3.53. The van der Waals surface area contributed by atoms with Crippen molar-refractivity contribution in [2.24, 2.45) is 0 Å². The van der Waals surface area contributed by atoms with Gasteiger partial charge in [-0.25, -0.2) is 0 Å². The first-order valence-corrected chi connectivity index (χ1v) is 5.19. The van der Waals surface area contributed by atoms with Gasteiger partial charge in [0.05, 0.1) is 14.2 Å². The first-order chi connectivity index (χ1) is 8.17. The number of hydrogen-bond acceptors (Lipinski definition) is 5. The first-order valence-electron chi connectivity index (χ1n) is 5.19. The van der Waals surface area contributed by atoms with Crippen molar-refractivity contribution in [1.29, 1.82) is 0 Å². The summed E-state index contributed by atoms with van der Waals surface area (Å²) < 4.78 is 9.99. The molecule has 0 saturated heterocycles. The highest BCUT2D eigenvalue weighted by molar-refractivity contribution is 5.65. The third kappa shape index (κ3) is 2.88. The van der Waals surface area contributed by atoms with Crippen molar-refractivity contribution >= 4 is 6.29 Å². The van der Waals surface area contributed by atoms with Crippen LogP contribution in [0, 0.1) is 0 Å². The Bertz CT molecular complexity index is 363. The number of carbonyl (C=O) groups is 1. The molecule has 1 aromatic carbocycles. The third-order valence-corrected chi connectivity index (χ3v) is 2.53. The average Bonchev–Trinajstić information content (AvgIpc) is 2.36. The van der Waals surface area contributed by atoms with Crippen molar-refractivity contribution in [2.75, 3.05) is 20.8 Å². The summed E-state index contributed by atoms with van der Waals surface area (Å²) >= 11 is 0. The van der Waals surface area contributed by atoms with Crippen LogP contribution >= 0.6 is 0 Å². The topological polar surface area (TPSA) is 76.0 Å². The lowest BCUT2D eigenvalue weighted by molar-refractivity contribution is -0.109. The van der Waals surface area contributed by atoms with Crippen LogP contribution in [0.15, 0.2) is 12.1 Å². The highest BCUT2D eigenvalue weighted by Crippen LogP contribution is 2.39. The summed E-state index contributed by atoms with van der Waals surface area (Å²) in [4.78, 5) is 10.9. The number of hydrogen-bond donors (Lipinski definition) is 2. The van der Waals surface area contributed by atoms with E-state index in [-0.39, 0.29) is 23.9 Å². The number of aromatic hydroxyl groups is 1. The lowest BCUT2D eigenvalue weighted by Crippen LogP contribution is -2.04. The van der Waals surface area contributed by atoms with E-state index in [0.717, 1.165) is 6.29 Å². The summed E-state index contributed by atoms with van der Waals surface area (Å²) in [5.74, 6) is -0.0657. The largest absolute Gasteiger partial charge is 0.502 e. The van der Waals surface area contributed by atoms with Gasteiger partial charge >= 0.3 is 0 Å². The van der Waals surface area contributed by atoms with Gasteiger partial charge in [0.25, 0.3) is 0 Å². The molecule has 1 atom stereocenters. The Balaban J connectivity index is 3.19. The molecule has 0 aliphatic heterocycles. The first kappa shape index (κ1) is 13.3. The van der Waals surface area contributed by atoms with Crippen LogP contribution in [0.2, 0.25) is 0 Å². The zero-order chi connectivity index (χ0) is 12.8. The Morgan fingerprint density at radius 2 is 1.82 bits per heavy atom. The second kappa shape index (κ2) is 6.10. The molecule has 0 aliphatic carbocycles. The van der Waals surface area contributed by atoms with E-state index in [1.165, 1.54) is 14.2 Å². The summed E-state index contributed by atoms with van der Waals surface area (Å²) in [7, 11) is 2.83. The quantitative estimate of drug-likeness (QED) is 0.727. The van der Waals surface area contributed by atoms with Gasteiger partial charge in [-0.05, 0) is 24.1 Å². The van der Waals surface area contributed by atoms with Crippen molar-refractivity contribution < 1.29 is 24.5 Å². The van der Waals surface area contributed by atoms with Crippen molar-refractivity contribution in [3.63, 3.8) is 0 Å². The second-order valence-electron chi connectivity index (χ2n) is 3.53. The lowest BCUT2D eigenvalue weighted by atomic mass is 9.97. The molecule has 17 heavy (non-hydrogen) atoms. The van der Waals surface area contributed by atoms with Crippen LogP contribution in [-0.2, 0) is 4.79 Å². The summed E-state index contributed by atoms with van der Waals surface area (Å²) in [6.45, 7) is -0.0884. The molecule has 1 aromatic rings. The molecule has 94 valence electrons. The highest BCUT2D eigenvalue weighted by atomic mass is 16.5. The zero-order valence-electron chi connectivity index (χ0n) is 9.84. The number of ether oxygens (including phenoxy) is 2. The number of phenolic OH excluding ortho intramolecular Hbond substituents is 1. The van der Waals surface area contributed by atoms with E-state index >= 15 is 0 Å². The van der Waals surface area contributed by atoms with Gasteiger partial charge in [-0.15, -0.1) is 0 Å². The average molecular weight is 240 g/mol. The fraction of sp³-hybridized carbons (Fsp3) is 0.417. The SMILES string of the molecule is COc1cc(C(C=O)CCO)cc(OC)c1O. The minimum atomic E-state index is -0.441. The molecule has 0 fully saturated rings. The molecule has 5 nitrogen and oxygen atoms in total. The van der Waals surface area contributed by atoms with E-state index in [1.54, 1.807) is 12.1 Å². The molecule has 0 saturated carbocycles. The number of rotatable bonds is 6. The summed E-state index contributed by atoms with van der Waals surface area (Å²) in [6.07, 6.45) is 1.07. The van der Waals surface area contributed by atoms with Crippen LogP contribution < -0.4 is 9.47 Å².